The Labute approximate surface area is 115 Å². The summed E-state index contributed by atoms with van der Waals surface area (Å²) in [6.45, 7) is 3.10. The van der Waals surface area contributed by atoms with Crippen LogP contribution in [0.2, 0.25) is 0 Å². The second-order valence-corrected chi connectivity index (χ2v) is 5.63. The van der Waals surface area contributed by atoms with Crippen LogP contribution < -0.4 is 5.73 Å². The van der Waals surface area contributed by atoms with Gasteiger partial charge in [0.15, 0.2) is 0 Å². The van der Waals surface area contributed by atoms with Gasteiger partial charge in [-0.2, -0.15) is 0 Å². The first-order chi connectivity index (χ1) is 8.49. The van der Waals surface area contributed by atoms with Crippen molar-refractivity contribution in [3.05, 3.63) is 28.2 Å². The van der Waals surface area contributed by atoms with E-state index in [4.69, 9.17) is 5.73 Å². The summed E-state index contributed by atoms with van der Waals surface area (Å²) in [5.74, 6) is 0.185. The lowest BCUT2D eigenvalue weighted by Crippen LogP contribution is -2.30. The van der Waals surface area contributed by atoms with E-state index >= 15 is 0 Å². The van der Waals surface area contributed by atoms with Crippen LogP contribution in [0.5, 0.6) is 0 Å². The van der Waals surface area contributed by atoms with Crippen molar-refractivity contribution in [2.45, 2.75) is 19.4 Å². The normalized spacial score (nSPS) is 21.1. The monoisotopic (exact) mass is 312 g/mol. The first-order valence-corrected chi connectivity index (χ1v) is 6.80. The van der Waals surface area contributed by atoms with Gasteiger partial charge >= 0.3 is 0 Å². The minimum absolute atomic E-state index is 0.00106. The number of rotatable bonds is 2. The molecule has 1 heterocycles. The first-order valence-electron chi connectivity index (χ1n) is 6.01. The molecule has 0 saturated carbocycles. The maximum absolute atomic E-state index is 12.3. The average Bonchev–Trinajstić information content (AvgIpc) is 2.81. The van der Waals surface area contributed by atoms with Crippen LogP contribution in [0.1, 0.15) is 23.7 Å². The third-order valence-corrected chi connectivity index (χ3v) is 4.13. The lowest BCUT2D eigenvalue weighted by molar-refractivity contribution is 0.0762. The zero-order valence-corrected chi connectivity index (χ0v) is 11.9. The number of nitrogens with zero attached hydrogens (tertiary/aromatic N) is 1. The van der Waals surface area contributed by atoms with E-state index in [1.165, 1.54) is 0 Å². The van der Waals surface area contributed by atoms with Crippen LogP contribution in [-0.4, -0.2) is 35.1 Å². The number of carbonyl (C=O) groups excluding carboxylic acids is 1. The summed E-state index contributed by atoms with van der Waals surface area (Å²) < 4.78 is 0.736. The van der Waals surface area contributed by atoms with E-state index in [1.54, 1.807) is 30.0 Å². The maximum atomic E-state index is 12.3. The average molecular weight is 313 g/mol. The Hall–Kier alpha value is -1.07. The topological polar surface area (TPSA) is 66.6 Å². The van der Waals surface area contributed by atoms with Crippen LogP contribution in [0.15, 0.2) is 22.7 Å². The van der Waals surface area contributed by atoms with Crippen LogP contribution in [0.25, 0.3) is 0 Å². The number of aliphatic hydroxyl groups is 1. The summed E-state index contributed by atoms with van der Waals surface area (Å²) in [5.41, 5.74) is 6.95. The zero-order valence-electron chi connectivity index (χ0n) is 10.3. The van der Waals surface area contributed by atoms with Crippen LogP contribution in [0, 0.1) is 5.92 Å². The van der Waals surface area contributed by atoms with Crippen molar-refractivity contribution >= 4 is 27.5 Å². The molecule has 1 aromatic rings. The second-order valence-electron chi connectivity index (χ2n) is 4.78. The van der Waals surface area contributed by atoms with Crippen LogP contribution in [0.3, 0.4) is 0 Å². The van der Waals surface area contributed by atoms with E-state index in [0.29, 0.717) is 24.3 Å². The highest BCUT2D eigenvalue weighted by atomic mass is 79.9. The highest BCUT2D eigenvalue weighted by molar-refractivity contribution is 9.10. The third-order valence-electron chi connectivity index (χ3n) is 3.44. The molecule has 18 heavy (non-hydrogen) atoms. The molecule has 0 aromatic heterocycles. The predicted molar refractivity (Wildman–Crippen MR) is 74.2 cm³/mol. The van der Waals surface area contributed by atoms with Gasteiger partial charge in [0.1, 0.15) is 0 Å². The van der Waals surface area contributed by atoms with Crippen molar-refractivity contribution < 1.29 is 9.90 Å². The molecule has 0 radical (unpaired) electrons. The van der Waals surface area contributed by atoms with Crippen molar-refractivity contribution in [1.29, 1.82) is 0 Å². The largest absolute Gasteiger partial charge is 0.398 e. The van der Waals surface area contributed by atoms with Crippen LogP contribution in [-0.2, 0) is 0 Å². The molecule has 1 fully saturated rings. The van der Waals surface area contributed by atoms with Crippen LogP contribution in [0.4, 0.5) is 5.69 Å². The summed E-state index contributed by atoms with van der Waals surface area (Å²) in [6.07, 6.45) is 0.500. The number of benzene rings is 1. The summed E-state index contributed by atoms with van der Waals surface area (Å²) in [4.78, 5) is 14.0. The highest BCUT2D eigenvalue weighted by Crippen LogP contribution is 2.24. The highest BCUT2D eigenvalue weighted by Gasteiger charge is 2.29. The van der Waals surface area contributed by atoms with Gasteiger partial charge in [-0.1, -0.05) is 0 Å². The fourth-order valence-electron chi connectivity index (χ4n) is 2.21. The SMILES string of the molecule is CC(O)C1CCN(C(=O)c2ccc(N)c(Br)c2)C1. The molecule has 4 nitrogen and oxygen atoms in total. The molecule has 98 valence electrons. The molecule has 1 amide bonds. The van der Waals surface area contributed by atoms with E-state index in [0.717, 1.165) is 10.9 Å². The van der Waals surface area contributed by atoms with Gasteiger partial charge in [-0.25, -0.2) is 0 Å². The van der Waals surface area contributed by atoms with Gasteiger partial charge < -0.3 is 15.7 Å². The Morgan fingerprint density at radius 3 is 2.89 bits per heavy atom. The zero-order chi connectivity index (χ0) is 13.3. The molecule has 2 unspecified atom stereocenters. The number of anilines is 1. The summed E-state index contributed by atoms with van der Waals surface area (Å²) in [6, 6.07) is 5.20. The van der Waals surface area contributed by atoms with E-state index in [9.17, 15) is 9.90 Å². The fraction of sp³-hybridized carbons (Fsp3) is 0.462. The molecule has 1 aliphatic heterocycles. The van der Waals surface area contributed by atoms with Crippen molar-refractivity contribution in [3.8, 4) is 0 Å². The molecule has 1 saturated heterocycles. The molecule has 5 heteroatoms. The molecule has 1 aliphatic rings. The van der Waals surface area contributed by atoms with Gasteiger partial charge in [-0.15, -0.1) is 0 Å². The van der Waals surface area contributed by atoms with Gasteiger partial charge in [0.25, 0.3) is 5.91 Å². The number of hydrogen-bond donors (Lipinski definition) is 2. The van der Waals surface area contributed by atoms with E-state index in [1.807, 2.05) is 0 Å². The molecular weight excluding hydrogens is 296 g/mol. The lowest BCUT2D eigenvalue weighted by Gasteiger charge is -2.18. The number of aliphatic hydroxyl groups excluding tert-OH is 1. The number of nitrogens with two attached hydrogens (primary N) is 1. The van der Waals surface area contributed by atoms with Crippen LogP contribution >= 0.6 is 15.9 Å². The Kier molecular flexibility index (Phi) is 3.92. The molecular formula is C13H17BrN2O2. The van der Waals surface area contributed by atoms with Crippen molar-refractivity contribution in [2.75, 3.05) is 18.8 Å². The Morgan fingerprint density at radius 2 is 2.33 bits per heavy atom. The number of halogens is 1. The van der Waals surface area contributed by atoms with E-state index in [2.05, 4.69) is 15.9 Å². The lowest BCUT2D eigenvalue weighted by atomic mass is 10.0. The van der Waals surface area contributed by atoms with Crippen molar-refractivity contribution in [1.82, 2.24) is 4.90 Å². The second kappa shape index (κ2) is 5.28. The molecule has 1 aromatic carbocycles. The molecule has 0 bridgehead atoms. The predicted octanol–water partition coefficient (Wildman–Crippen LogP) is 1.87. The van der Waals surface area contributed by atoms with Gasteiger partial charge in [-0.05, 0) is 47.5 Å². The molecule has 2 rings (SSSR count). The smallest absolute Gasteiger partial charge is 0.253 e. The van der Waals surface area contributed by atoms with E-state index < -0.39 is 0 Å². The standard InChI is InChI=1S/C13H17BrN2O2/c1-8(17)10-4-5-16(7-10)13(18)9-2-3-12(15)11(14)6-9/h2-3,6,8,10,17H,4-5,7,15H2,1H3. The van der Waals surface area contributed by atoms with E-state index in [-0.39, 0.29) is 17.9 Å². The molecule has 0 aliphatic carbocycles. The Bertz CT molecular complexity index is 462. The quantitative estimate of drug-likeness (QED) is 0.819. The van der Waals surface area contributed by atoms with Crippen molar-refractivity contribution in [3.63, 3.8) is 0 Å². The van der Waals surface area contributed by atoms with Gasteiger partial charge in [-0.3, -0.25) is 4.79 Å². The van der Waals surface area contributed by atoms with Gasteiger partial charge in [0.05, 0.1) is 6.10 Å². The Balaban J connectivity index is 2.10. The van der Waals surface area contributed by atoms with Gasteiger partial charge in [0.2, 0.25) is 0 Å². The minimum Gasteiger partial charge on any atom is -0.398 e. The number of likely N-dealkylation sites (tertiary alicyclic amines) is 1. The number of hydrogen-bond acceptors (Lipinski definition) is 3. The minimum atomic E-state index is -0.360. The molecule has 2 atom stereocenters. The Morgan fingerprint density at radius 1 is 1.61 bits per heavy atom. The van der Waals surface area contributed by atoms with Gasteiger partial charge in [0, 0.05) is 34.7 Å². The molecule has 3 N–H and O–H groups in total. The maximum Gasteiger partial charge on any atom is 0.253 e. The molecule has 0 spiro atoms. The first kappa shape index (κ1) is 13.4. The summed E-state index contributed by atoms with van der Waals surface area (Å²) in [7, 11) is 0. The summed E-state index contributed by atoms with van der Waals surface area (Å²) >= 11 is 3.32. The third kappa shape index (κ3) is 2.67. The summed E-state index contributed by atoms with van der Waals surface area (Å²) in [5, 5.41) is 9.54. The fourth-order valence-corrected chi connectivity index (χ4v) is 2.59. The number of amides is 1. The number of nitrogen functional groups attached to an aromatic ring is 1. The number of carbonyl (C=O) groups is 1. The van der Waals surface area contributed by atoms with Crippen molar-refractivity contribution in [2.24, 2.45) is 5.92 Å².